The van der Waals surface area contributed by atoms with Gasteiger partial charge in [-0.3, -0.25) is 9.89 Å². The Bertz CT molecular complexity index is 1230. The number of aromatic amines is 1. The Balaban J connectivity index is 1.56. The number of amides is 1. The van der Waals surface area contributed by atoms with Crippen LogP contribution in [0.5, 0.6) is 5.75 Å². The van der Waals surface area contributed by atoms with Gasteiger partial charge in [0.1, 0.15) is 5.75 Å². The summed E-state index contributed by atoms with van der Waals surface area (Å²) in [5.74, 6) is 0.579. The molecular weight excluding hydrogens is 428 g/mol. The maximum Gasteiger partial charge on any atom is 0.256 e. The van der Waals surface area contributed by atoms with Crippen molar-refractivity contribution in [3.05, 3.63) is 59.7 Å². The first-order valence-electron chi connectivity index (χ1n) is 10.5. The van der Waals surface area contributed by atoms with E-state index in [1.807, 2.05) is 24.3 Å². The van der Waals surface area contributed by atoms with Gasteiger partial charge in [-0.25, -0.2) is 8.42 Å². The van der Waals surface area contributed by atoms with Crippen molar-refractivity contribution in [3.8, 4) is 17.0 Å². The van der Waals surface area contributed by atoms with Gasteiger partial charge in [0.05, 0.1) is 17.7 Å². The molecule has 0 radical (unpaired) electrons. The van der Waals surface area contributed by atoms with E-state index in [2.05, 4.69) is 15.5 Å². The molecule has 0 atom stereocenters. The van der Waals surface area contributed by atoms with Gasteiger partial charge in [0.15, 0.2) is 5.82 Å². The molecule has 1 saturated heterocycles. The highest BCUT2D eigenvalue weighted by Crippen LogP contribution is 2.29. The van der Waals surface area contributed by atoms with Crippen molar-refractivity contribution in [1.82, 2.24) is 14.5 Å². The van der Waals surface area contributed by atoms with Crippen LogP contribution in [0.2, 0.25) is 0 Å². The van der Waals surface area contributed by atoms with Crippen LogP contribution in [0, 0.1) is 6.92 Å². The van der Waals surface area contributed by atoms with E-state index < -0.39 is 15.9 Å². The third kappa shape index (κ3) is 4.39. The molecule has 0 aliphatic carbocycles. The average Bonchev–Trinajstić information content (AvgIpc) is 3.28. The van der Waals surface area contributed by atoms with E-state index in [0.29, 0.717) is 35.9 Å². The lowest BCUT2D eigenvalue weighted by Crippen LogP contribution is -2.36. The molecular formula is C23H26N4O4S. The van der Waals surface area contributed by atoms with Crippen LogP contribution in [0.1, 0.15) is 35.2 Å². The second-order valence-electron chi connectivity index (χ2n) is 7.77. The van der Waals surface area contributed by atoms with Gasteiger partial charge in [-0.2, -0.15) is 9.40 Å². The molecule has 4 rings (SSSR count). The van der Waals surface area contributed by atoms with E-state index in [-0.39, 0.29) is 10.5 Å². The highest BCUT2D eigenvalue weighted by Gasteiger charge is 2.28. The first-order valence-corrected chi connectivity index (χ1v) is 11.9. The molecule has 2 heterocycles. The maximum atomic E-state index is 13.1. The lowest BCUT2D eigenvalue weighted by atomic mass is 10.1. The van der Waals surface area contributed by atoms with Crippen LogP contribution in [-0.2, 0) is 10.0 Å². The van der Waals surface area contributed by atoms with Crippen LogP contribution in [0.25, 0.3) is 11.3 Å². The minimum atomic E-state index is -3.64. The molecule has 1 aromatic heterocycles. The average molecular weight is 455 g/mol. The topological polar surface area (TPSA) is 104 Å². The van der Waals surface area contributed by atoms with Crippen molar-refractivity contribution in [2.24, 2.45) is 0 Å². The summed E-state index contributed by atoms with van der Waals surface area (Å²) in [4.78, 5) is 13.0. The zero-order chi connectivity index (χ0) is 22.7. The molecule has 8 nitrogen and oxygen atoms in total. The summed E-state index contributed by atoms with van der Waals surface area (Å²) < 4.78 is 33.1. The number of carbonyl (C=O) groups excluding carboxylic acids is 1. The Morgan fingerprint density at radius 3 is 2.59 bits per heavy atom. The Hall–Kier alpha value is -3.17. The monoisotopic (exact) mass is 454 g/mol. The molecule has 168 valence electrons. The van der Waals surface area contributed by atoms with Crippen molar-refractivity contribution >= 4 is 21.7 Å². The molecule has 32 heavy (non-hydrogen) atoms. The zero-order valence-electron chi connectivity index (χ0n) is 18.1. The summed E-state index contributed by atoms with van der Waals surface area (Å²) in [5.41, 5.74) is 2.38. The quantitative estimate of drug-likeness (QED) is 0.589. The summed E-state index contributed by atoms with van der Waals surface area (Å²) >= 11 is 0. The lowest BCUT2D eigenvalue weighted by molar-refractivity contribution is 0.102. The van der Waals surface area contributed by atoms with Crippen LogP contribution in [-0.4, -0.2) is 49.0 Å². The van der Waals surface area contributed by atoms with Gasteiger partial charge in [0.2, 0.25) is 10.0 Å². The predicted octanol–water partition coefficient (Wildman–Crippen LogP) is 3.82. The highest BCUT2D eigenvalue weighted by molar-refractivity contribution is 7.89. The molecule has 1 aliphatic heterocycles. The maximum absolute atomic E-state index is 13.1. The van der Waals surface area contributed by atoms with Crippen molar-refractivity contribution in [1.29, 1.82) is 0 Å². The molecule has 9 heteroatoms. The molecule has 0 saturated carbocycles. The number of nitrogens with zero attached hydrogens (tertiary/aromatic N) is 2. The largest absolute Gasteiger partial charge is 0.496 e. The lowest BCUT2D eigenvalue weighted by Gasteiger charge is -2.26. The fraction of sp³-hybridized carbons (Fsp3) is 0.304. The first-order chi connectivity index (χ1) is 15.4. The number of anilines is 1. The molecule has 1 amide bonds. The number of aromatic nitrogens is 2. The zero-order valence-corrected chi connectivity index (χ0v) is 18.9. The second kappa shape index (κ2) is 9.13. The van der Waals surface area contributed by atoms with Gasteiger partial charge < -0.3 is 10.1 Å². The molecule has 0 bridgehead atoms. The predicted molar refractivity (Wildman–Crippen MR) is 122 cm³/mol. The van der Waals surface area contributed by atoms with Crippen LogP contribution in [0.4, 0.5) is 5.82 Å². The Morgan fingerprint density at radius 2 is 1.84 bits per heavy atom. The number of aryl methyl sites for hydroxylation is 1. The molecule has 1 aliphatic rings. The molecule has 1 fully saturated rings. The van der Waals surface area contributed by atoms with Crippen LogP contribution in [0.15, 0.2) is 53.4 Å². The Kier molecular flexibility index (Phi) is 6.29. The molecule has 3 aromatic rings. The number of rotatable bonds is 6. The summed E-state index contributed by atoms with van der Waals surface area (Å²) in [5, 5.41) is 9.78. The number of hydrogen-bond donors (Lipinski definition) is 2. The number of methoxy groups -OCH3 is 1. The number of H-pyrrole nitrogens is 1. The third-order valence-electron chi connectivity index (χ3n) is 5.60. The van der Waals surface area contributed by atoms with Crippen LogP contribution >= 0.6 is 0 Å². The van der Waals surface area contributed by atoms with Crippen molar-refractivity contribution in [2.45, 2.75) is 31.1 Å². The SMILES string of the molecule is COc1ccccc1-c1cc(NC(=O)c2ccc(C)c(S(=O)(=O)N3CCCCC3)c2)n[nH]1. The minimum absolute atomic E-state index is 0.170. The van der Waals surface area contributed by atoms with E-state index in [1.54, 1.807) is 32.2 Å². The first kappa shape index (κ1) is 22.0. The molecule has 0 unspecified atom stereocenters. The molecule has 2 N–H and O–H groups in total. The van der Waals surface area contributed by atoms with E-state index in [4.69, 9.17) is 4.74 Å². The Labute approximate surface area is 187 Å². The van der Waals surface area contributed by atoms with E-state index >= 15 is 0 Å². The molecule has 2 aromatic carbocycles. The fourth-order valence-electron chi connectivity index (χ4n) is 3.84. The van der Waals surface area contributed by atoms with Crippen molar-refractivity contribution in [3.63, 3.8) is 0 Å². The number of piperidine rings is 1. The van der Waals surface area contributed by atoms with Gasteiger partial charge in [-0.15, -0.1) is 0 Å². The number of ether oxygens (including phenoxy) is 1. The van der Waals surface area contributed by atoms with Gasteiger partial charge in [0.25, 0.3) is 5.91 Å². The summed E-state index contributed by atoms with van der Waals surface area (Å²) in [6.07, 6.45) is 2.74. The van der Waals surface area contributed by atoms with Gasteiger partial charge in [0, 0.05) is 30.3 Å². The van der Waals surface area contributed by atoms with Crippen LogP contribution in [0.3, 0.4) is 0 Å². The number of benzene rings is 2. The van der Waals surface area contributed by atoms with E-state index in [0.717, 1.165) is 24.8 Å². The number of hydrogen-bond acceptors (Lipinski definition) is 5. The summed E-state index contributed by atoms with van der Waals surface area (Å²) in [6, 6.07) is 13.9. The van der Waals surface area contributed by atoms with Gasteiger partial charge >= 0.3 is 0 Å². The number of carbonyl (C=O) groups is 1. The highest BCUT2D eigenvalue weighted by atomic mass is 32.2. The molecule has 0 spiro atoms. The standard InChI is InChI=1S/C23H26N4O4S/c1-16-10-11-17(14-21(16)32(29,30)27-12-6-3-7-13-27)23(28)24-22-15-19(25-26-22)18-8-4-5-9-20(18)31-2/h4-5,8-11,14-15H,3,6-7,12-13H2,1-2H3,(H2,24,25,26,28). The number of nitrogens with one attached hydrogen (secondary N) is 2. The summed E-state index contributed by atoms with van der Waals surface area (Å²) in [7, 11) is -2.06. The van der Waals surface area contributed by atoms with E-state index in [1.165, 1.54) is 10.4 Å². The second-order valence-corrected chi connectivity index (χ2v) is 9.67. The number of para-hydroxylation sites is 1. The number of sulfonamides is 1. The smallest absolute Gasteiger partial charge is 0.256 e. The van der Waals surface area contributed by atoms with Crippen molar-refractivity contribution in [2.75, 3.05) is 25.5 Å². The van der Waals surface area contributed by atoms with E-state index in [9.17, 15) is 13.2 Å². The van der Waals surface area contributed by atoms with Crippen LogP contribution < -0.4 is 10.1 Å². The summed E-state index contributed by atoms with van der Waals surface area (Å²) in [6.45, 7) is 2.76. The van der Waals surface area contributed by atoms with Gasteiger partial charge in [-0.1, -0.05) is 24.6 Å². The normalized spacial score (nSPS) is 14.8. The third-order valence-corrected chi connectivity index (χ3v) is 7.64. The Morgan fingerprint density at radius 1 is 1.09 bits per heavy atom. The fourth-order valence-corrected chi connectivity index (χ4v) is 5.61. The van der Waals surface area contributed by atoms with Gasteiger partial charge in [-0.05, 0) is 49.6 Å². The minimum Gasteiger partial charge on any atom is -0.496 e. The van der Waals surface area contributed by atoms with Crippen molar-refractivity contribution < 1.29 is 17.9 Å².